The Kier molecular flexibility index (Phi) is 7.56. The monoisotopic (exact) mass is 485 g/mol. The molecule has 1 fully saturated rings. The number of piperidine rings is 1. The number of hydrogen-bond acceptors (Lipinski definition) is 4. The van der Waals surface area contributed by atoms with Gasteiger partial charge in [0.1, 0.15) is 5.69 Å². The van der Waals surface area contributed by atoms with Crippen LogP contribution in [0.2, 0.25) is 0 Å². The molecule has 2 heterocycles. The Morgan fingerprint density at radius 3 is 2.26 bits per heavy atom. The fraction of sp³-hybridized carbons (Fsp3) is 0.346. The van der Waals surface area contributed by atoms with E-state index >= 15 is 0 Å². The molecule has 1 aliphatic heterocycles. The third kappa shape index (κ3) is 6.17. The van der Waals surface area contributed by atoms with Crippen molar-refractivity contribution >= 4 is 17.7 Å². The van der Waals surface area contributed by atoms with Crippen LogP contribution in [0.15, 0.2) is 71.9 Å². The van der Waals surface area contributed by atoms with Crippen LogP contribution in [0.1, 0.15) is 31.0 Å². The summed E-state index contributed by atoms with van der Waals surface area (Å²) < 4.78 is 40.4. The van der Waals surface area contributed by atoms with Gasteiger partial charge in [-0.15, -0.1) is 0 Å². The lowest BCUT2D eigenvalue weighted by atomic mass is 9.90. The maximum atomic E-state index is 13.5. The topological polar surface area (TPSA) is 46.1 Å². The summed E-state index contributed by atoms with van der Waals surface area (Å²) in [5.74, 6) is 0.431. The number of carbonyl (C=O) groups is 1. The second kappa shape index (κ2) is 10.6. The Bertz CT molecular complexity index is 1100. The molecule has 3 aromatic rings. The number of hydrogen-bond donors (Lipinski definition) is 0. The average Bonchev–Trinajstić information content (AvgIpc) is 2.84. The molecule has 0 bridgehead atoms. The molecule has 178 valence electrons. The van der Waals surface area contributed by atoms with Crippen molar-refractivity contribution in [2.45, 2.75) is 42.8 Å². The largest absolute Gasteiger partial charge is 0.433 e. The van der Waals surface area contributed by atoms with Crippen molar-refractivity contribution < 1.29 is 18.0 Å². The summed E-state index contributed by atoms with van der Waals surface area (Å²) in [6.07, 6.45) is -1.78. The predicted octanol–water partition coefficient (Wildman–Crippen LogP) is 6.12. The van der Waals surface area contributed by atoms with Crippen LogP contribution in [0.3, 0.4) is 0 Å². The van der Waals surface area contributed by atoms with Crippen molar-refractivity contribution in [2.75, 3.05) is 13.1 Å². The van der Waals surface area contributed by atoms with E-state index in [-0.39, 0.29) is 16.8 Å². The number of carbonyl (C=O) groups excluding carboxylic acids is 1. The molecule has 1 atom stereocenters. The van der Waals surface area contributed by atoms with Gasteiger partial charge >= 0.3 is 6.18 Å². The lowest BCUT2D eigenvalue weighted by Crippen LogP contribution is -2.42. The third-order valence-electron chi connectivity index (χ3n) is 5.99. The molecule has 1 saturated heterocycles. The summed E-state index contributed by atoms with van der Waals surface area (Å²) in [6.45, 7) is 3.01. The number of thioether (sulfide) groups is 1. The highest BCUT2D eigenvalue weighted by atomic mass is 32.2. The molecule has 1 amide bonds. The molecular weight excluding hydrogens is 459 g/mol. The van der Waals surface area contributed by atoms with Crippen molar-refractivity contribution in [3.8, 4) is 11.3 Å². The number of amides is 1. The Balaban J connectivity index is 1.42. The van der Waals surface area contributed by atoms with Crippen molar-refractivity contribution in [3.63, 3.8) is 0 Å². The zero-order chi connectivity index (χ0) is 24.1. The zero-order valence-electron chi connectivity index (χ0n) is 18.8. The summed E-state index contributed by atoms with van der Waals surface area (Å²) in [6, 6.07) is 19.9. The minimum absolute atomic E-state index is 0.0477. The summed E-state index contributed by atoms with van der Waals surface area (Å²) in [7, 11) is 0. The molecule has 1 aromatic heterocycles. The molecule has 8 heteroatoms. The van der Waals surface area contributed by atoms with Crippen LogP contribution in [0.25, 0.3) is 11.3 Å². The van der Waals surface area contributed by atoms with Crippen molar-refractivity contribution in [3.05, 3.63) is 78.0 Å². The molecule has 1 aliphatic rings. The van der Waals surface area contributed by atoms with Gasteiger partial charge in [-0.3, -0.25) is 4.79 Å². The normalized spacial score (nSPS) is 15.8. The summed E-state index contributed by atoms with van der Waals surface area (Å²) in [4.78, 5) is 22.9. The highest BCUT2D eigenvalue weighted by molar-refractivity contribution is 8.00. The van der Waals surface area contributed by atoms with Crippen LogP contribution in [0.5, 0.6) is 0 Å². The van der Waals surface area contributed by atoms with Gasteiger partial charge in [-0.25, -0.2) is 9.97 Å². The molecule has 34 heavy (non-hydrogen) atoms. The average molecular weight is 486 g/mol. The molecule has 2 aromatic carbocycles. The molecule has 0 radical (unpaired) electrons. The second-order valence-corrected chi connectivity index (χ2v) is 9.81. The summed E-state index contributed by atoms with van der Waals surface area (Å²) >= 11 is 0.974. The Hall–Kier alpha value is -2.87. The van der Waals surface area contributed by atoms with E-state index in [0.29, 0.717) is 24.6 Å². The Labute approximate surface area is 201 Å². The first-order valence-corrected chi connectivity index (χ1v) is 12.2. The number of aromatic nitrogens is 2. The second-order valence-electron chi connectivity index (χ2n) is 8.50. The van der Waals surface area contributed by atoms with Gasteiger partial charge in [0.25, 0.3) is 0 Å². The van der Waals surface area contributed by atoms with Crippen LogP contribution in [0, 0.1) is 5.92 Å². The minimum atomic E-state index is -4.60. The number of benzene rings is 2. The van der Waals surface area contributed by atoms with E-state index in [4.69, 9.17) is 0 Å². The van der Waals surface area contributed by atoms with Crippen molar-refractivity contribution in [1.29, 1.82) is 0 Å². The van der Waals surface area contributed by atoms with E-state index in [2.05, 4.69) is 22.1 Å². The molecule has 0 spiro atoms. The van der Waals surface area contributed by atoms with Crippen LogP contribution < -0.4 is 0 Å². The van der Waals surface area contributed by atoms with Gasteiger partial charge in [0, 0.05) is 18.7 Å². The minimum Gasteiger partial charge on any atom is -0.342 e. The fourth-order valence-electron chi connectivity index (χ4n) is 4.15. The predicted molar refractivity (Wildman–Crippen MR) is 127 cm³/mol. The zero-order valence-corrected chi connectivity index (χ0v) is 19.6. The fourth-order valence-corrected chi connectivity index (χ4v) is 5.02. The number of halogens is 3. The van der Waals surface area contributed by atoms with E-state index in [1.54, 1.807) is 37.3 Å². The van der Waals surface area contributed by atoms with Gasteiger partial charge in [-0.2, -0.15) is 13.2 Å². The van der Waals surface area contributed by atoms with Gasteiger partial charge < -0.3 is 4.90 Å². The molecule has 0 saturated carbocycles. The molecule has 4 rings (SSSR count). The number of nitrogens with zero attached hydrogens (tertiary/aromatic N) is 3. The van der Waals surface area contributed by atoms with Gasteiger partial charge in [0.15, 0.2) is 5.16 Å². The van der Waals surface area contributed by atoms with E-state index in [9.17, 15) is 18.0 Å². The highest BCUT2D eigenvalue weighted by Gasteiger charge is 2.34. The van der Waals surface area contributed by atoms with Crippen molar-refractivity contribution in [1.82, 2.24) is 14.9 Å². The van der Waals surface area contributed by atoms with Gasteiger partial charge in [-0.05, 0) is 43.7 Å². The SMILES string of the molecule is CC(Sc1nc(-c2ccccc2)cc(C(F)(F)F)n1)C(=O)N1CCC(Cc2ccccc2)CC1. The first-order chi connectivity index (χ1) is 16.3. The molecule has 1 unspecified atom stereocenters. The quantitative estimate of drug-likeness (QED) is 0.312. The van der Waals surface area contributed by atoms with E-state index in [1.807, 2.05) is 23.1 Å². The van der Waals surface area contributed by atoms with E-state index in [1.165, 1.54) is 5.56 Å². The molecular formula is C26H26F3N3OS. The highest BCUT2D eigenvalue weighted by Crippen LogP contribution is 2.33. The van der Waals surface area contributed by atoms with Crippen molar-refractivity contribution in [2.24, 2.45) is 5.92 Å². The lowest BCUT2D eigenvalue weighted by Gasteiger charge is -2.33. The Morgan fingerprint density at radius 1 is 1.03 bits per heavy atom. The first-order valence-electron chi connectivity index (χ1n) is 11.3. The van der Waals surface area contributed by atoms with Gasteiger partial charge in [0.2, 0.25) is 5.91 Å². The van der Waals surface area contributed by atoms with Crippen LogP contribution in [0.4, 0.5) is 13.2 Å². The van der Waals surface area contributed by atoms with Crippen LogP contribution >= 0.6 is 11.8 Å². The Morgan fingerprint density at radius 2 is 1.65 bits per heavy atom. The maximum Gasteiger partial charge on any atom is 0.433 e. The van der Waals surface area contributed by atoms with Crippen LogP contribution in [-0.2, 0) is 17.4 Å². The summed E-state index contributed by atoms with van der Waals surface area (Å²) in [5.41, 5.74) is 1.04. The first kappa shape index (κ1) is 24.3. The smallest absolute Gasteiger partial charge is 0.342 e. The summed E-state index contributed by atoms with van der Waals surface area (Å²) in [5, 5.41) is -0.633. The molecule has 0 aliphatic carbocycles. The van der Waals surface area contributed by atoms with Crippen LogP contribution in [-0.4, -0.2) is 39.1 Å². The van der Waals surface area contributed by atoms with Gasteiger partial charge in [-0.1, -0.05) is 72.4 Å². The lowest BCUT2D eigenvalue weighted by molar-refractivity contribution is -0.141. The molecule has 4 nitrogen and oxygen atoms in total. The maximum absolute atomic E-state index is 13.5. The van der Waals surface area contributed by atoms with E-state index in [0.717, 1.165) is 37.1 Å². The van der Waals surface area contributed by atoms with Gasteiger partial charge in [0.05, 0.1) is 10.9 Å². The number of alkyl halides is 3. The standard InChI is InChI=1S/C26H26F3N3OS/c1-18(24(33)32-14-12-20(13-15-32)16-19-8-4-2-5-9-19)34-25-30-22(21-10-6-3-7-11-21)17-23(31-25)26(27,28)29/h2-11,17-18,20H,12-16H2,1H3. The number of likely N-dealkylation sites (tertiary alicyclic amines) is 1. The third-order valence-corrected chi connectivity index (χ3v) is 6.94. The van der Waals surface area contributed by atoms with E-state index < -0.39 is 17.1 Å². The molecule has 0 N–H and O–H groups in total. The number of rotatable bonds is 6.